The second-order valence-electron chi connectivity index (χ2n) is 9.01. The highest BCUT2D eigenvalue weighted by molar-refractivity contribution is 5.95. The van der Waals surface area contributed by atoms with Crippen molar-refractivity contribution in [2.75, 3.05) is 13.2 Å². The molecule has 3 atom stereocenters. The summed E-state index contributed by atoms with van der Waals surface area (Å²) in [4.78, 5) is 50.1. The van der Waals surface area contributed by atoms with E-state index in [4.69, 9.17) is 14.2 Å². The smallest absolute Gasteiger partial charge is 0.423 e. The Hall–Kier alpha value is -3.69. The van der Waals surface area contributed by atoms with Crippen molar-refractivity contribution in [1.29, 1.82) is 0 Å². The van der Waals surface area contributed by atoms with Gasteiger partial charge in [0, 0.05) is 31.5 Å². The summed E-state index contributed by atoms with van der Waals surface area (Å²) in [7, 11) is 0. The minimum Gasteiger partial charge on any atom is -0.463 e. The summed E-state index contributed by atoms with van der Waals surface area (Å²) in [6.07, 6.45) is -7.43. The maximum absolute atomic E-state index is 13.8. The van der Waals surface area contributed by atoms with Gasteiger partial charge in [-0.2, -0.15) is 17.7 Å². The van der Waals surface area contributed by atoms with E-state index in [-0.39, 0.29) is 29.8 Å². The number of nitrogens with zero attached hydrogens (tertiary/aromatic N) is 2. The second-order valence-corrected chi connectivity index (χ2v) is 9.01. The minimum atomic E-state index is -5.16. The predicted molar refractivity (Wildman–Crippen MR) is 128 cm³/mol. The number of carbonyl (C=O) groups excluding carboxylic acids is 2. The van der Waals surface area contributed by atoms with Gasteiger partial charge in [0.15, 0.2) is 0 Å². The molecule has 12 heteroatoms. The van der Waals surface area contributed by atoms with Crippen LogP contribution < -0.4 is 11.2 Å². The van der Waals surface area contributed by atoms with E-state index >= 15 is 0 Å². The first-order valence-electron chi connectivity index (χ1n) is 11.8. The Morgan fingerprint density at radius 2 is 1.84 bits per heavy atom. The monoisotopic (exact) mass is 536 g/mol. The van der Waals surface area contributed by atoms with Crippen LogP contribution in [0.2, 0.25) is 0 Å². The van der Waals surface area contributed by atoms with Gasteiger partial charge >= 0.3 is 17.8 Å². The molecule has 2 heterocycles. The zero-order valence-electron chi connectivity index (χ0n) is 21.0. The Kier molecular flexibility index (Phi) is 9.30. The van der Waals surface area contributed by atoms with Crippen LogP contribution in [0.25, 0.3) is 0 Å². The van der Waals surface area contributed by atoms with Crippen molar-refractivity contribution in [3.8, 4) is 11.8 Å². The Morgan fingerprint density at radius 3 is 2.45 bits per heavy atom. The van der Waals surface area contributed by atoms with E-state index in [1.807, 2.05) is 13.8 Å². The molecule has 0 radical (unpaired) electrons. The Bertz CT molecular complexity index is 1340. The number of alkyl halides is 3. The number of aromatic nitrogens is 2. The Labute approximate surface area is 216 Å². The molecule has 0 unspecified atom stereocenters. The van der Waals surface area contributed by atoms with E-state index in [1.165, 1.54) is 31.2 Å². The van der Waals surface area contributed by atoms with E-state index in [0.29, 0.717) is 23.1 Å². The lowest BCUT2D eigenvalue weighted by Gasteiger charge is -2.19. The molecule has 0 saturated carbocycles. The van der Waals surface area contributed by atoms with Crippen LogP contribution in [0.15, 0.2) is 46.1 Å². The zero-order valence-corrected chi connectivity index (χ0v) is 21.0. The van der Waals surface area contributed by atoms with Gasteiger partial charge in [-0.3, -0.25) is 19.0 Å². The number of halogens is 3. The second kappa shape index (κ2) is 12.2. The maximum atomic E-state index is 13.8. The van der Waals surface area contributed by atoms with Gasteiger partial charge in [0.05, 0.1) is 6.10 Å². The van der Waals surface area contributed by atoms with Gasteiger partial charge in [0.25, 0.3) is 11.5 Å². The van der Waals surface area contributed by atoms with E-state index in [0.717, 1.165) is 0 Å². The van der Waals surface area contributed by atoms with Gasteiger partial charge in [0.1, 0.15) is 31.1 Å². The highest BCUT2D eigenvalue weighted by Gasteiger charge is 2.42. The van der Waals surface area contributed by atoms with Crippen LogP contribution >= 0.6 is 0 Å². The van der Waals surface area contributed by atoms with Crippen LogP contribution in [-0.4, -0.2) is 46.4 Å². The van der Waals surface area contributed by atoms with Crippen molar-refractivity contribution in [3.63, 3.8) is 0 Å². The molecule has 0 amide bonds. The quantitative estimate of drug-likeness (QED) is 0.396. The van der Waals surface area contributed by atoms with Crippen molar-refractivity contribution in [1.82, 2.24) is 9.13 Å². The molecular weight excluding hydrogens is 509 g/mol. The van der Waals surface area contributed by atoms with E-state index in [1.54, 1.807) is 6.07 Å². The molecule has 1 saturated heterocycles. The largest absolute Gasteiger partial charge is 0.463 e. The molecule has 0 spiro atoms. The molecule has 38 heavy (non-hydrogen) atoms. The molecule has 1 aromatic heterocycles. The molecule has 1 aliphatic rings. The molecule has 0 N–H and O–H groups in total. The predicted octanol–water partition coefficient (Wildman–Crippen LogP) is 3.00. The zero-order chi connectivity index (χ0) is 28.0. The highest BCUT2D eigenvalue weighted by atomic mass is 19.4. The van der Waals surface area contributed by atoms with Crippen molar-refractivity contribution in [2.45, 2.75) is 58.2 Å². The molecule has 1 aliphatic heterocycles. The van der Waals surface area contributed by atoms with Crippen molar-refractivity contribution >= 4 is 11.9 Å². The highest BCUT2D eigenvalue weighted by Crippen LogP contribution is 2.32. The number of rotatable bonds is 7. The molecule has 204 valence electrons. The summed E-state index contributed by atoms with van der Waals surface area (Å²) in [6, 6.07) is 6.98. The summed E-state index contributed by atoms with van der Waals surface area (Å²) >= 11 is 0. The number of hydrogen-bond acceptors (Lipinski definition) is 7. The third kappa shape index (κ3) is 6.99. The third-order valence-corrected chi connectivity index (χ3v) is 5.59. The molecular formula is C26H27F3N2O7. The summed E-state index contributed by atoms with van der Waals surface area (Å²) in [5, 5.41) is 0. The van der Waals surface area contributed by atoms with E-state index in [2.05, 4.69) is 11.8 Å². The van der Waals surface area contributed by atoms with Crippen molar-refractivity contribution in [3.05, 3.63) is 68.5 Å². The summed E-state index contributed by atoms with van der Waals surface area (Å²) < 4.78 is 58.3. The summed E-state index contributed by atoms with van der Waals surface area (Å²) in [5.41, 5.74) is -4.98. The van der Waals surface area contributed by atoms with Crippen LogP contribution in [0.4, 0.5) is 13.2 Å². The first-order chi connectivity index (χ1) is 17.9. The number of hydrogen-bond donors (Lipinski definition) is 0. The standard InChI is InChI=1S/C26H27F3N2O7/c1-16(2)9-7-8-12-36-20-13-22(38-21(20)15-37-17(3)32)30-14-19(26(27,28)29)24(34)31(25(30)35)23(33)18-10-5-4-6-11-18/h4-6,10-11,14,16,20-22H,9,12-13,15H2,1-3H3/t20-,21+,22+/m0/s1. The normalized spacial score (nSPS) is 19.2. The average molecular weight is 537 g/mol. The fourth-order valence-corrected chi connectivity index (χ4v) is 3.73. The first kappa shape index (κ1) is 28.9. The number of benzene rings is 1. The van der Waals surface area contributed by atoms with Gasteiger partial charge in [-0.05, 0) is 18.1 Å². The topological polar surface area (TPSA) is 106 Å². The Balaban J connectivity index is 2.00. The summed E-state index contributed by atoms with van der Waals surface area (Å²) in [6.45, 7) is 4.84. The van der Waals surface area contributed by atoms with E-state index < -0.39 is 53.3 Å². The van der Waals surface area contributed by atoms with Gasteiger partial charge in [-0.25, -0.2) is 4.79 Å². The molecule has 0 aliphatic carbocycles. The van der Waals surface area contributed by atoms with Crippen LogP contribution in [0.1, 0.15) is 55.8 Å². The fourth-order valence-electron chi connectivity index (χ4n) is 3.73. The fraction of sp³-hybridized carbons (Fsp3) is 0.462. The average Bonchev–Trinajstić information content (AvgIpc) is 3.24. The lowest BCUT2D eigenvalue weighted by molar-refractivity contribution is -0.148. The lowest BCUT2D eigenvalue weighted by Crippen LogP contribution is -2.47. The van der Waals surface area contributed by atoms with Crippen LogP contribution in [0.3, 0.4) is 0 Å². The molecule has 3 rings (SSSR count). The number of ether oxygens (including phenoxy) is 3. The van der Waals surface area contributed by atoms with Crippen molar-refractivity contribution < 1.29 is 37.0 Å². The number of esters is 1. The van der Waals surface area contributed by atoms with Crippen molar-refractivity contribution in [2.24, 2.45) is 5.92 Å². The van der Waals surface area contributed by atoms with E-state index in [9.17, 15) is 32.3 Å². The lowest BCUT2D eigenvalue weighted by atomic mass is 10.1. The molecule has 2 aromatic rings. The maximum Gasteiger partial charge on any atom is 0.423 e. The summed E-state index contributed by atoms with van der Waals surface area (Å²) in [5.74, 6) is 4.28. The van der Waals surface area contributed by atoms with Crippen LogP contribution in [-0.2, 0) is 25.2 Å². The van der Waals surface area contributed by atoms with Crippen LogP contribution in [0.5, 0.6) is 0 Å². The first-order valence-corrected chi connectivity index (χ1v) is 11.8. The SMILES string of the molecule is CC(=O)OC[C@H]1O[C@@H](n2cc(C(F)(F)F)c(=O)n(C(=O)c3ccccc3)c2=O)C[C@@H]1OCC#CCC(C)C. The van der Waals surface area contributed by atoms with Gasteiger partial charge in [0.2, 0.25) is 0 Å². The Morgan fingerprint density at radius 1 is 1.16 bits per heavy atom. The molecule has 0 bridgehead atoms. The van der Waals surface area contributed by atoms with Gasteiger partial charge in [-0.1, -0.05) is 38.0 Å². The molecule has 1 aromatic carbocycles. The van der Waals surface area contributed by atoms with Gasteiger partial charge < -0.3 is 14.2 Å². The number of carbonyl (C=O) groups is 2. The minimum absolute atomic E-state index is 0.0290. The van der Waals surface area contributed by atoms with Gasteiger partial charge in [-0.15, -0.1) is 5.92 Å². The van der Waals surface area contributed by atoms with Crippen LogP contribution in [0, 0.1) is 17.8 Å². The third-order valence-electron chi connectivity index (χ3n) is 5.59. The molecule has 9 nitrogen and oxygen atoms in total. The molecule has 1 fully saturated rings.